The maximum absolute atomic E-state index is 5.10. The number of nitrogens with zero attached hydrogens (tertiary/aromatic N) is 2. The van der Waals surface area contributed by atoms with Gasteiger partial charge in [0.1, 0.15) is 6.33 Å². The lowest BCUT2D eigenvalue weighted by Crippen LogP contribution is -2.18. The van der Waals surface area contributed by atoms with E-state index in [-0.39, 0.29) is 6.04 Å². The monoisotopic (exact) mass is 327 g/mol. The highest BCUT2D eigenvalue weighted by Gasteiger charge is 2.13. The Labute approximate surface area is 119 Å². The Morgan fingerprint density at radius 3 is 2.89 bits per heavy atom. The molecule has 0 aliphatic carbocycles. The number of methoxy groups -OCH3 is 1. The maximum Gasteiger partial charge on any atom is 0.216 e. The van der Waals surface area contributed by atoms with Crippen LogP contribution in [-0.2, 0) is 6.42 Å². The fourth-order valence-electron chi connectivity index (χ4n) is 1.70. The zero-order valence-corrected chi connectivity index (χ0v) is 12.6. The molecule has 2 aromatic heterocycles. The Balaban J connectivity index is 2.14. The van der Waals surface area contributed by atoms with Crippen molar-refractivity contribution in [1.29, 1.82) is 0 Å². The van der Waals surface area contributed by atoms with Gasteiger partial charge in [-0.1, -0.05) is 0 Å². The van der Waals surface area contributed by atoms with Crippen LogP contribution in [0.15, 0.2) is 27.6 Å². The largest absolute Gasteiger partial charge is 0.481 e. The molecule has 0 aliphatic heterocycles. The van der Waals surface area contributed by atoms with E-state index < -0.39 is 0 Å². The Morgan fingerprint density at radius 1 is 1.44 bits per heavy atom. The zero-order valence-electron chi connectivity index (χ0n) is 10.2. The molecule has 1 unspecified atom stereocenters. The summed E-state index contributed by atoms with van der Waals surface area (Å²) >= 11 is 5.17. The average Bonchev–Trinajstić information content (AvgIpc) is 2.82. The molecule has 1 N–H and O–H groups in total. The second-order valence-electron chi connectivity index (χ2n) is 3.78. The van der Waals surface area contributed by atoms with Crippen LogP contribution in [0, 0.1) is 0 Å². The van der Waals surface area contributed by atoms with Crippen molar-refractivity contribution in [2.45, 2.75) is 12.5 Å². The summed E-state index contributed by atoms with van der Waals surface area (Å²) in [6, 6.07) is 4.24. The minimum atomic E-state index is 0.243. The molecule has 1 atom stereocenters. The Bertz CT molecular complexity index is 518. The molecule has 0 spiro atoms. The highest BCUT2D eigenvalue weighted by atomic mass is 79.9. The third kappa shape index (κ3) is 3.28. The van der Waals surface area contributed by atoms with Gasteiger partial charge in [0.2, 0.25) is 5.88 Å². The molecule has 0 bridgehead atoms. The molecule has 0 radical (unpaired) electrons. The van der Waals surface area contributed by atoms with E-state index in [2.05, 4.69) is 42.7 Å². The molecule has 96 valence electrons. The molecular formula is C12H14BrN3OS. The summed E-state index contributed by atoms with van der Waals surface area (Å²) in [7, 11) is 3.56. The van der Waals surface area contributed by atoms with Gasteiger partial charge in [0.15, 0.2) is 0 Å². The summed E-state index contributed by atoms with van der Waals surface area (Å²) in [5, 5.41) is 5.44. The van der Waals surface area contributed by atoms with Gasteiger partial charge in [-0.05, 0) is 40.0 Å². The van der Waals surface area contributed by atoms with E-state index in [0.717, 1.165) is 15.9 Å². The van der Waals surface area contributed by atoms with Crippen molar-refractivity contribution in [2.24, 2.45) is 0 Å². The number of thiophene rings is 1. The van der Waals surface area contributed by atoms with E-state index >= 15 is 0 Å². The quantitative estimate of drug-likeness (QED) is 0.917. The fraction of sp³-hybridized carbons (Fsp3) is 0.333. The number of hydrogen-bond donors (Lipinski definition) is 1. The second-order valence-corrected chi connectivity index (χ2v) is 6.07. The van der Waals surface area contributed by atoms with E-state index in [1.807, 2.05) is 13.1 Å². The van der Waals surface area contributed by atoms with Crippen molar-refractivity contribution in [3.63, 3.8) is 0 Å². The van der Waals surface area contributed by atoms with Crippen LogP contribution in [0.4, 0.5) is 0 Å². The summed E-state index contributed by atoms with van der Waals surface area (Å²) < 4.78 is 6.24. The summed E-state index contributed by atoms with van der Waals surface area (Å²) in [4.78, 5) is 8.28. The molecule has 18 heavy (non-hydrogen) atoms. The van der Waals surface area contributed by atoms with Crippen molar-refractivity contribution < 1.29 is 4.74 Å². The summed E-state index contributed by atoms with van der Waals surface area (Å²) in [6.07, 6.45) is 2.34. The van der Waals surface area contributed by atoms with E-state index in [0.29, 0.717) is 5.88 Å². The predicted octanol–water partition coefficient (Wildman–Crippen LogP) is 2.81. The average molecular weight is 328 g/mol. The van der Waals surface area contributed by atoms with E-state index in [1.165, 1.54) is 11.9 Å². The van der Waals surface area contributed by atoms with Crippen molar-refractivity contribution in [3.8, 4) is 5.88 Å². The van der Waals surface area contributed by atoms with Crippen molar-refractivity contribution in [3.05, 3.63) is 38.9 Å². The Hall–Kier alpha value is -0.980. The zero-order chi connectivity index (χ0) is 13.0. The van der Waals surface area contributed by atoms with Crippen molar-refractivity contribution in [1.82, 2.24) is 15.3 Å². The minimum absolute atomic E-state index is 0.243. The third-order valence-corrected chi connectivity index (χ3v) is 4.18. The van der Waals surface area contributed by atoms with Crippen molar-refractivity contribution in [2.75, 3.05) is 14.2 Å². The van der Waals surface area contributed by atoms with Crippen LogP contribution in [-0.4, -0.2) is 24.1 Å². The van der Waals surface area contributed by atoms with Gasteiger partial charge in [-0.15, -0.1) is 11.3 Å². The molecule has 4 nitrogen and oxygen atoms in total. The predicted molar refractivity (Wildman–Crippen MR) is 76.1 cm³/mol. The van der Waals surface area contributed by atoms with E-state index in [9.17, 15) is 0 Å². The first kappa shape index (κ1) is 13.5. The lowest BCUT2D eigenvalue weighted by atomic mass is 10.1. The summed E-state index contributed by atoms with van der Waals surface area (Å²) in [5.74, 6) is 0.598. The number of halogens is 1. The molecule has 2 heterocycles. The lowest BCUT2D eigenvalue weighted by molar-refractivity contribution is 0.395. The van der Waals surface area contributed by atoms with Gasteiger partial charge >= 0.3 is 0 Å². The first-order valence-corrected chi connectivity index (χ1v) is 7.16. The highest BCUT2D eigenvalue weighted by molar-refractivity contribution is 9.11. The fourth-order valence-corrected chi connectivity index (χ4v) is 2.93. The number of nitrogens with one attached hydrogen (secondary N) is 1. The highest BCUT2D eigenvalue weighted by Crippen LogP contribution is 2.27. The summed E-state index contributed by atoms with van der Waals surface area (Å²) in [5.41, 5.74) is 2.22. The normalized spacial score (nSPS) is 12.4. The number of hydrogen-bond acceptors (Lipinski definition) is 5. The second kappa shape index (κ2) is 6.26. The molecule has 0 aromatic carbocycles. The van der Waals surface area contributed by atoms with Crippen LogP contribution in [0.5, 0.6) is 5.88 Å². The van der Waals surface area contributed by atoms with Crippen LogP contribution in [0.1, 0.15) is 17.3 Å². The molecule has 0 aliphatic rings. The molecule has 0 saturated carbocycles. The number of rotatable bonds is 5. The topological polar surface area (TPSA) is 47.0 Å². The van der Waals surface area contributed by atoms with Gasteiger partial charge in [-0.2, -0.15) is 0 Å². The van der Waals surface area contributed by atoms with E-state index in [1.54, 1.807) is 18.4 Å². The third-order valence-electron chi connectivity index (χ3n) is 2.66. The lowest BCUT2D eigenvalue weighted by Gasteiger charge is -2.14. The van der Waals surface area contributed by atoms with Crippen LogP contribution < -0.4 is 10.1 Å². The van der Waals surface area contributed by atoms with Crippen molar-refractivity contribution >= 4 is 27.3 Å². The van der Waals surface area contributed by atoms with Gasteiger partial charge < -0.3 is 10.1 Å². The maximum atomic E-state index is 5.10. The first-order chi connectivity index (χ1) is 8.72. The molecule has 2 aromatic rings. The van der Waals surface area contributed by atoms with Gasteiger partial charge in [0, 0.05) is 24.2 Å². The SMILES string of the molecule is CNC(Cc1cc(OC)ncn1)c1csc(Br)c1. The summed E-state index contributed by atoms with van der Waals surface area (Å²) in [6.45, 7) is 0. The molecule has 0 fully saturated rings. The van der Waals surface area contributed by atoms with Crippen LogP contribution in [0.25, 0.3) is 0 Å². The number of likely N-dealkylation sites (N-methyl/N-ethyl adjacent to an activating group) is 1. The smallest absolute Gasteiger partial charge is 0.216 e. The first-order valence-electron chi connectivity index (χ1n) is 5.49. The minimum Gasteiger partial charge on any atom is -0.481 e. The Morgan fingerprint density at radius 2 is 2.28 bits per heavy atom. The van der Waals surface area contributed by atoms with Crippen LogP contribution in [0.2, 0.25) is 0 Å². The van der Waals surface area contributed by atoms with Crippen LogP contribution >= 0.6 is 27.3 Å². The molecule has 0 amide bonds. The van der Waals surface area contributed by atoms with Gasteiger partial charge in [0.05, 0.1) is 10.9 Å². The standard InChI is InChI=1S/C12H14BrN3OS/c1-14-10(8-3-11(13)18-6-8)4-9-5-12(17-2)16-7-15-9/h3,5-7,10,14H,4H2,1-2H3. The van der Waals surface area contributed by atoms with Gasteiger partial charge in [0.25, 0.3) is 0 Å². The number of aromatic nitrogens is 2. The Kier molecular flexibility index (Phi) is 4.68. The molecule has 0 saturated heterocycles. The van der Waals surface area contributed by atoms with E-state index in [4.69, 9.17) is 4.74 Å². The number of ether oxygens (including phenoxy) is 1. The molecule has 2 rings (SSSR count). The van der Waals surface area contributed by atoms with Crippen LogP contribution in [0.3, 0.4) is 0 Å². The molecular weight excluding hydrogens is 314 g/mol. The molecule has 6 heteroatoms. The van der Waals surface area contributed by atoms with Gasteiger partial charge in [-0.25, -0.2) is 9.97 Å². The van der Waals surface area contributed by atoms with Gasteiger partial charge in [-0.3, -0.25) is 0 Å².